The van der Waals surface area contributed by atoms with Gasteiger partial charge in [-0.2, -0.15) is 0 Å². The highest BCUT2D eigenvalue weighted by Gasteiger charge is 2.27. The van der Waals surface area contributed by atoms with Gasteiger partial charge in [0, 0.05) is 25.7 Å². The molecule has 2 aliphatic rings. The number of piperidine rings is 1. The predicted octanol–water partition coefficient (Wildman–Crippen LogP) is 2.09. The van der Waals surface area contributed by atoms with Crippen molar-refractivity contribution in [3.8, 4) is 0 Å². The lowest BCUT2D eigenvalue weighted by molar-refractivity contribution is 0.122. The molecule has 0 bridgehead atoms. The summed E-state index contributed by atoms with van der Waals surface area (Å²) < 4.78 is 0. The van der Waals surface area contributed by atoms with E-state index >= 15 is 0 Å². The van der Waals surface area contributed by atoms with Crippen molar-refractivity contribution < 1.29 is 0 Å². The van der Waals surface area contributed by atoms with Crippen LogP contribution in [-0.2, 0) is 0 Å². The van der Waals surface area contributed by atoms with Gasteiger partial charge in [-0.25, -0.2) is 0 Å². The summed E-state index contributed by atoms with van der Waals surface area (Å²) >= 11 is 0. The Morgan fingerprint density at radius 2 is 1.73 bits per heavy atom. The Balaban J connectivity index is 1.78. The van der Waals surface area contributed by atoms with Crippen molar-refractivity contribution in [2.75, 3.05) is 19.6 Å². The van der Waals surface area contributed by atoms with E-state index in [2.05, 4.69) is 18.7 Å². The van der Waals surface area contributed by atoms with Gasteiger partial charge in [0.2, 0.25) is 0 Å². The molecule has 2 rings (SSSR count). The minimum atomic E-state index is 0.495. The zero-order valence-corrected chi connectivity index (χ0v) is 10.3. The van der Waals surface area contributed by atoms with E-state index in [1.54, 1.807) is 0 Å². The molecule has 2 fully saturated rings. The first kappa shape index (κ1) is 11.4. The molecule has 0 spiro atoms. The van der Waals surface area contributed by atoms with Gasteiger partial charge in [0.1, 0.15) is 0 Å². The molecular formula is C13H26N2. The molecule has 4 unspecified atom stereocenters. The molecular weight excluding hydrogens is 184 g/mol. The van der Waals surface area contributed by atoms with Crippen LogP contribution in [0.15, 0.2) is 0 Å². The van der Waals surface area contributed by atoms with Crippen LogP contribution in [0, 0.1) is 17.8 Å². The van der Waals surface area contributed by atoms with Gasteiger partial charge in [-0.1, -0.05) is 13.8 Å². The molecule has 1 aliphatic heterocycles. The molecule has 0 amide bonds. The molecule has 2 N–H and O–H groups in total. The zero-order valence-electron chi connectivity index (χ0n) is 10.3. The lowest BCUT2D eigenvalue weighted by Gasteiger charge is -2.36. The minimum Gasteiger partial charge on any atom is -0.328 e. The highest BCUT2D eigenvalue weighted by molar-refractivity contribution is 4.82. The Morgan fingerprint density at radius 1 is 1.07 bits per heavy atom. The van der Waals surface area contributed by atoms with Crippen LogP contribution >= 0.6 is 0 Å². The van der Waals surface area contributed by atoms with Gasteiger partial charge in [0.15, 0.2) is 0 Å². The lowest BCUT2D eigenvalue weighted by Crippen LogP contribution is -2.41. The summed E-state index contributed by atoms with van der Waals surface area (Å²) in [6.45, 7) is 8.72. The maximum absolute atomic E-state index is 5.97. The molecule has 0 aromatic rings. The van der Waals surface area contributed by atoms with Crippen molar-refractivity contribution in [1.29, 1.82) is 0 Å². The SMILES string of the molecule is CC1CC(C)CN(CC2CCC(N)C2)C1. The molecule has 0 aromatic heterocycles. The van der Waals surface area contributed by atoms with E-state index in [1.807, 2.05) is 0 Å². The second kappa shape index (κ2) is 4.84. The van der Waals surface area contributed by atoms with Gasteiger partial charge in [0.25, 0.3) is 0 Å². The van der Waals surface area contributed by atoms with E-state index < -0.39 is 0 Å². The Labute approximate surface area is 94.2 Å². The standard InChI is InChI=1S/C13H26N2/c1-10-5-11(2)8-15(7-10)9-12-3-4-13(14)6-12/h10-13H,3-9,14H2,1-2H3. The third-order valence-corrected chi connectivity index (χ3v) is 4.04. The van der Waals surface area contributed by atoms with E-state index in [1.165, 1.54) is 45.3 Å². The second-order valence-corrected chi connectivity index (χ2v) is 6.10. The first-order chi connectivity index (χ1) is 7.13. The first-order valence-corrected chi connectivity index (χ1v) is 6.61. The summed E-state index contributed by atoms with van der Waals surface area (Å²) in [6.07, 6.45) is 5.30. The van der Waals surface area contributed by atoms with Crippen LogP contribution in [0.25, 0.3) is 0 Å². The molecule has 4 atom stereocenters. The third kappa shape index (κ3) is 3.18. The maximum atomic E-state index is 5.97. The number of nitrogens with zero attached hydrogens (tertiary/aromatic N) is 1. The van der Waals surface area contributed by atoms with Crippen molar-refractivity contribution in [3.05, 3.63) is 0 Å². The Morgan fingerprint density at radius 3 is 2.27 bits per heavy atom. The van der Waals surface area contributed by atoms with Crippen LogP contribution in [0.4, 0.5) is 0 Å². The first-order valence-electron chi connectivity index (χ1n) is 6.61. The molecule has 1 aliphatic carbocycles. The smallest absolute Gasteiger partial charge is 0.00420 e. The summed E-state index contributed by atoms with van der Waals surface area (Å²) in [6, 6.07) is 0.495. The maximum Gasteiger partial charge on any atom is 0.00420 e. The largest absolute Gasteiger partial charge is 0.328 e. The van der Waals surface area contributed by atoms with Gasteiger partial charge in [-0.15, -0.1) is 0 Å². The molecule has 15 heavy (non-hydrogen) atoms. The topological polar surface area (TPSA) is 29.3 Å². The fourth-order valence-corrected chi connectivity index (χ4v) is 3.59. The third-order valence-electron chi connectivity index (χ3n) is 4.04. The van der Waals surface area contributed by atoms with E-state index in [4.69, 9.17) is 5.73 Å². The molecule has 2 nitrogen and oxygen atoms in total. The summed E-state index contributed by atoms with van der Waals surface area (Å²) in [5.41, 5.74) is 5.97. The molecule has 0 aromatic carbocycles. The predicted molar refractivity (Wildman–Crippen MR) is 64.7 cm³/mol. The summed E-state index contributed by atoms with van der Waals surface area (Å²) in [5, 5.41) is 0. The van der Waals surface area contributed by atoms with Crippen LogP contribution in [0.3, 0.4) is 0 Å². The van der Waals surface area contributed by atoms with E-state index in [-0.39, 0.29) is 0 Å². The molecule has 1 saturated heterocycles. The van der Waals surface area contributed by atoms with Gasteiger partial charge in [0.05, 0.1) is 0 Å². The second-order valence-electron chi connectivity index (χ2n) is 6.10. The fraction of sp³-hybridized carbons (Fsp3) is 1.00. The van der Waals surface area contributed by atoms with Gasteiger partial charge in [-0.3, -0.25) is 0 Å². The van der Waals surface area contributed by atoms with Crippen LogP contribution in [-0.4, -0.2) is 30.6 Å². The summed E-state index contributed by atoms with van der Waals surface area (Å²) in [5.74, 6) is 2.67. The van der Waals surface area contributed by atoms with Gasteiger partial charge < -0.3 is 10.6 Å². The molecule has 1 saturated carbocycles. The molecule has 0 radical (unpaired) electrons. The summed E-state index contributed by atoms with van der Waals surface area (Å²) in [7, 11) is 0. The highest BCUT2D eigenvalue weighted by atomic mass is 15.1. The van der Waals surface area contributed by atoms with Crippen LogP contribution in [0.1, 0.15) is 39.5 Å². The van der Waals surface area contributed by atoms with Crippen molar-refractivity contribution in [1.82, 2.24) is 4.90 Å². The number of likely N-dealkylation sites (tertiary alicyclic amines) is 1. The summed E-state index contributed by atoms with van der Waals surface area (Å²) in [4.78, 5) is 2.68. The number of rotatable bonds is 2. The number of hydrogen-bond acceptors (Lipinski definition) is 2. The molecule has 1 heterocycles. The van der Waals surface area contributed by atoms with Crippen molar-refractivity contribution in [2.24, 2.45) is 23.5 Å². The Hall–Kier alpha value is -0.0800. The van der Waals surface area contributed by atoms with Crippen molar-refractivity contribution in [3.63, 3.8) is 0 Å². The van der Waals surface area contributed by atoms with Crippen LogP contribution < -0.4 is 5.73 Å². The highest BCUT2D eigenvalue weighted by Crippen LogP contribution is 2.28. The number of hydrogen-bond donors (Lipinski definition) is 1. The Bertz CT molecular complexity index is 195. The van der Waals surface area contributed by atoms with E-state index in [0.29, 0.717) is 6.04 Å². The monoisotopic (exact) mass is 210 g/mol. The van der Waals surface area contributed by atoms with Crippen LogP contribution in [0.5, 0.6) is 0 Å². The molecule has 88 valence electrons. The zero-order chi connectivity index (χ0) is 10.8. The average Bonchev–Trinajstić information content (AvgIpc) is 2.49. The van der Waals surface area contributed by atoms with Gasteiger partial charge >= 0.3 is 0 Å². The number of nitrogens with two attached hydrogens (primary N) is 1. The van der Waals surface area contributed by atoms with Crippen molar-refractivity contribution >= 4 is 0 Å². The normalized spacial score (nSPS) is 43.4. The fourth-order valence-electron chi connectivity index (χ4n) is 3.59. The Kier molecular flexibility index (Phi) is 3.68. The van der Waals surface area contributed by atoms with Gasteiger partial charge in [-0.05, 0) is 43.4 Å². The van der Waals surface area contributed by atoms with Crippen molar-refractivity contribution in [2.45, 2.75) is 45.6 Å². The minimum absolute atomic E-state index is 0.495. The average molecular weight is 210 g/mol. The van der Waals surface area contributed by atoms with E-state index in [0.717, 1.165) is 17.8 Å². The van der Waals surface area contributed by atoms with E-state index in [9.17, 15) is 0 Å². The molecule has 2 heteroatoms. The van der Waals surface area contributed by atoms with Crippen LogP contribution in [0.2, 0.25) is 0 Å². The lowest BCUT2D eigenvalue weighted by atomic mass is 9.91. The quantitative estimate of drug-likeness (QED) is 0.756.